The SMILES string of the molecule is CCCCC(CC)COCCCN1C(=O)c2ccc3c4ccc5c6c(ccc(c7ccc(c2c37)C1=O)c64)C(=O)N(C(C)COC(C)COC(C)COC(C)COC(C)COC(C)COC(C)COC(C)COC(C)COCCOC)C5=O. The monoisotopic (exact) mass is 1140 g/mol. The van der Waals surface area contributed by atoms with Crippen molar-refractivity contribution in [2.75, 3.05) is 99.5 Å². The molecule has 82 heavy (non-hydrogen) atoms. The molecule has 0 aromatic heterocycles. The number of nitrogens with zero attached hydrogens (tertiary/aromatic N) is 2. The van der Waals surface area contributed by atoms with Crippen LogP contribution in [0.4, 0.5) is 0 Å². The van der Waals surface area contributed by atoms with Gasteiger partial charge in [-0.3, -0.25) is 29.0 Å². The van der Waals surface area contributed by atoms with Crippen LogP contribution in [0.1, 0.15) is 150 Å². The number of carbonyl (C=O) groups excluding carboxylic acids is 4. The van der Waals surface area contributed by atoms with E-state index in [0.29, 0.717) is 118 Å². The minimum Gasteiger partial charge on any atom is -0.382 e. The van der Waals surface area contributed by atoms with Gasteiger partial charge in [0.2, 0.25) is 0 Å². The number of unbranched alkanes of at least 4 members (excludes halogenated alkanes) is 1. The second-order valence-electron chi connectivity index (χ2n) is 22.8. The molecule has 0 radical (unpaired) electrons. The molecule has 2 aliphatic heterocycles. The van der Waals surface area contributed by atoms with Crippen LogP contribution in [0.25, 0.3) is 43.1 Å². The van der Waals surface area contributed by atoms with Crippen molar-refractivity contribution in [2.45, 2.75) is 163 Å². The number of benzene rings is 5. The maximum absolute atomic E-state index is 14.4. The topological polar surface area (TPSA) is 176 Å². The quantitative estimate of drug-likeness (QED) is 0.0157. The highest BCUT2D eigenvalue weighted by Crippen LogP contribution is 2.46. The fraction of sp³-hybridized carbons (Fsp3) is 0.631. The lowest BCUT2D eigenvalue weighted by molar-refractivity contribution is -0.110. The van der Waals surface area contributed by atoms with Crippen molar-refractivity contribution in [3.63, 3.8) is 0 Å². The summed E-state index contributed by atoms with van der Waals surface area (Å²) < 4.78 is 64.5. The predicted molar refractivity (Wildman–Crippen MR) is 318 cm³/mol. The zero-order valence-corrected chi connectivity index (χ0v) is 50.8. The summed E-state index contributed by atoms with van der Waals surface area (Å²) in [6, 6.07) is 14.3. The molecular formula is C65H92N2O15. The van der Waals surface area contributed by atoms with Gasteiger partial charge in [-0.05, 0) is 138 Å². The molecule has 17 heteroatoms. The van der Waals surface area contributed by atoms with E-state index in [9.17, 15) is 19.2 Å². The van der Waals surface area contributed by atoms with E-state index in [1.54, 1.807) is 19.2 Å². The minimum absolute atomic E-state index is 0.0331. The molecule has 2 heterocycles. The van der Waals surface area contributed by atoms with E-state index >= 15 is 0 Å². The molecule has 452 valence electrons. The average Bonchev–Trinajstić information content (AvgIpc) is 1.31. The zero-order valence-electron chi connectivity index (χ0n) is 50.8. The van der Waals surface area contributed by atoms with Crippen LogP contribution in [0.15, 0.2) is 48.5 Å². The number of carbonyl (C=O) groups is 4. The number of hydrogen-bond acceptors (Lipinski definition) is 15. The molecule has 10 unspecified atom stereocenters. The van der Waals surface area contributed by atoms with Crippen LogP contribution in [0.3, 0.4) is 0 Å². The van der Waals surface area contributed by atoms with E-state index in [-0.39, 0.29) is 80.4 Å². The predicted octanol–water partition coefficient (Wildman–Crippen LogP) is 10.8. The Morgan fingerprint density at radius 2 is 0.744 bits per heavy atom. The Balaban J connectivity index is 0.830. The van der Waals surface area contributed by atoms with E-state index < -0.39 is 17.9 Å². The van der Waals surface area contributed by atoms with Gasteiger partial charge in [-0.1, -0.05) is 57.4 Å². The summed E-state index contributed by atoms with van der Waals surface area (Å²) in [4.78, 5) is 59.6. The summed E-state index contributed by atoms with van der Waals surface area (Å²) in [5.41, 5.74) is 1.84. The van der Waals surface area contributed by atoms with Crippen LogP contribution in [0.5, 0.6) is 0 Å². The van der Waals surface area contributed by atoms with Crippen LogP contribution in [-0.2, 0) is 52.1 Å². The van der Waals surface area contributed by atoms with Gasteiger partial charge in [0.05, 0.1) is 128 Å². The van der Waals surface area contributed by atoms with Crippen molar-refractivity contribution in [1.29, 1.82) is 0 Å². The first kappa shape index (κ1) is 64.8. The Labute approximate surface area is 485 Å². The molecule has 0 N–H and O–H groups in total. The first-order valence-electron chi connectivity index (χ1n) is 30.0. The van der Waals surface area contributed by atoms with Gasteiger partial charge in [0.25, 0.3) is 23.6 Å². The third-order valence-electron chi connectivity index (χ3n) is 15.5. The maximum Gasteiger partial charge on any atom is 0.261 e. The number of methoxy groups -OCH3 is 1. The molecule has 0 spiro atoms. The van der Waals surface area contributed by atoms with Crippen molar-refractivity contribution in [3.05, 3.63) is 70.8 Å². The Hall–Kier alpha value is -4.76. The first-order chi connectivity index (χ1) is 39.5. The lowest BCUT2D eigenvalue weighted by Gasteiger charge is -2.33. The molecule has 0 saturated heterocycles. The van der Waals surface area contributed by atoms with Gasteiger partial charge in [0, 0.05) is 59.9 Å². The normalized spacial score (nSPS) is 17.6. The largest absolute Gasteiger partial charge is 0.382 e. The molecular weight excluding hydrogens is 1050 g/mol. The van der Waals surface area contributed by atoms with Gasteiger partial charge in [0.1, 0.15) is 0 Å². The molecule has 4 amide bonds. The highest BCUT2D eigenvalue weighted by Gasteiger charge is 2.39. The molecule has 0 fully saturated rings. The number of imide groups is 2. The van der Waals surface area contributed by atoms with E-state index in [0.717, 1.165) is 51.6 Å². The standard InChI is InChI=1S/C65H92N2O15/c1-13-15-17-49(14-2)39-73-27-16-26-66-62(68)54-22-18-50-52-20-24-56-61-57(25-21-53(59(52)61)51-19-23-55(63(66)69)60(54)58(50)51)65(71)67(64(56)70)40(3)30-75-42(5)32-77-44(7)34-79-46(9)36-81-48(11)38-82-47(10)37-80-45(8)35-78-43(6)33-76-41(4)31-74-29-28-72-12/h18-25,40-49H,13-17,26-39H2,1-12H3. The summed E-state index contributed by atoms with van der Waals surface area (Å²) in [6.07, 6.45) is 3.87. The fourth-order valence-electron chi connectivity index (χ4n) is 10.7. The molecule has 5 aromatic carbocycles. The van der Waals surface area contributed by atoms with Crippen LogP contribution < -0.4 is 0 Å². The van der Waals surface area contributed by atoms with Crippen molar-refractivity contribution in [3.8, 4) is 0 Å². The molecule has 0 saturated carbocycles. The third kappa shape index (κ3) is 16.4. The van der Waals surface area contributed by atoms with Crippen LogP contribution in [0, 0.1) is 5.92 Å². The van der Waals surface area contributed by atoms with Gasteiger partial charge < -0.3 is 52.1 Å². The van der Waals surface area contributed by atoms with E-state index in [1.165, 1.54) is 16.2 Å². The maximum atomic E-state index is 14.4. The van der Waals surface area contributed by atoms with Crippen LogP contribution in [0.2, 0.25) is 0 Å². The van der Waals surface area contributed by atoms with Crippen LogP contribution in [-0.4, -0.2) is 188 Å². The van der Waals surface area contributed by atoms with Crippen LogP contribution >= 0.6 is 0 Å². The third-order valence-corrected chi connectivity index (χ3v) is 15.5. The highest BCUT2D eigenvalue weighted by atomic mass is 16.6. The summed E-state index contributed by atoms with van der Waals surface area (Å²) in [7, 11) is 1.65. The molecule has 10 atom stereocenters. The zero-order chi connectivity index (χ0) is 59.0. The summed E-state index contributed by atoms with van der Waals surface area (Å²) in [5.74, 6) is -0.894. The molecule has 2 aliphatic rings. The minimum atomic E-state index is -0.575. The fourth-order valence-corrected chi connectivity index (χ4v) is 10.7. The van der Waals surface area contributed by atoms with Gasteiger partial charge in [-0.25, -0.2) is 0 Å². The average molecular weight is 1140 g/mol. The number of hydrogen-bond donors (Lipinski definition) is 0. The number of amides is 4. The second-order valence-corrected chi connectivity index (χ2v) is 22.8. The van der Waals surface area contributed by atoms with E-state index in [4.69, 9.17) is 52.1 Å². The smallest absolute Gasteiger partial charge is 0.261 e. The number of ether oxygens (including phenoxy) is 11. The van der Waals surface area contributed by atoms with E-state index in [1.807, 2.05) is 98.7 Å². The Morgan fingerprint density at radius 1 is 0.390 bits per heavy atom. The summed E-state index contributed by atoms with van der Waals surface area (Å²) in [5, 5.41) is 6.25. The molecule has 5 aromatic rings. The molecule has 17 nitrogen and oxygen atoms in total. The lowest BCUT2D eigenvalue weighted by atomic mass is 9.82. The molecule has 7 rings (SSSR count). The Bertz CT molecular complexity index is 2760. The van der Waals surface area contributed by atoms with Gasteiger partial charge in [-0.15, -0.1) is 0 Å². The first-order valence-corrected chi connectivity index (χ1v) is 30.0. The van der Waals surface area contributed by atoms with Gasteiger partial charge >= 0.3 is 0 Å². The van der Waals surface area contributed by atoms with Crippen molar-refractivity contribution in [2.24, 2.45) is 5.92 Å². The van der Waals surface area contributed by atoms with Gasteiger partial charge in [-0.2, -0.15) is 0 Å². The molecule has 0 bridgehead atoms. The summed E-state index contributed by atoms with van der Waals surface area (Å²) in [6.45, 7) is 27.8. The van der Waals surface area contributed by atoms with Gasteiger partial charge in [0.15, 0.2) is 0 Å². The number of rotatable bonds is 40. The van der Waals surface area contributed by atoms with Crippen molar-refractivity contribution < 1.29 is 71.3 Å². The van der Waals surface area contributed by atoms with Crippen molar-refractivity contribution in [1.82, 2.24) is 9.80 Å². The second kappa shape index (κ2) is 31.4. The Kier molecular flexibility index (Phi) is 24.8. The molecule has 0 aliphatic carbocycles. The van der Waals surface area contributed by atoms with Crippen molar-refractivity contribution >= 4 is 66.7 Å². The van der Waals surface area contributed by atoms with E-state index in [2.05, 4.69) is 13.8 Å². The highest BCUT2D eigenvalue weighted by molar-refractivity contribution is 6.41. The Morgan fingerprint density at radius 3 is 1.11 bits per heavy atom. The lowest BCUT2D eigenvalue weighted by Crippen LogP contribution is -2.48. The number of fused-ring (bicyclic) bond motifs is 2. The summed E-state index contributed by atoms with van der Waals surface area (Å²) >= 11 is 0.